The molecule has 0 saturated heterocycles. The Kier molecular flexibility index (Phi) is 5.83. The maximum Gasteiger partial charge on any atom is 0.311 e. The van der Waals surface area contributed by atoms with Crippen LogP contribution in [0.5, 0.6) is 5.75 Å². The van der Waals surface area contributed by atoms with Crippen molar-refractivity contribution >= 4 is 22.9 Å². The van der Waals surface area contributed by atoms with Crippen molar-refractivity contribution in [2.75, 3.05) is 6.61 Å². The zero-order chi connectivity index (χ0) is 19.2. The minimum absolute atomic E-state index is 0.0770. The Balaban J connectivity index is 1.72. The average molecular weight is 382 g/mol. The summed E-state index contributed by atoms with van der Waals surface area (Å²) in [5.41, 5.74) is 1.55. The quantitative estimate of drug-likeness (QED) is 0.489. The predicted octanol–water partition coefficient (Wildman–Crippen LogP) is 4.25. The third-order valence-electron chi connectivity index (χ3n) is 3.94. The molecular weight excluding hydrogens is 364 g/mol. The summed E-state index contributed by atoms with van der Waals surface area (Å²) in [5.74, 6) is -0.278. The summed E-state index contributed by atoms with van der Waals surface area (Å²) >= 11 is 1.55. The van der Waals surface area contributed by atoms with Gasteiger partial charge in [-0.05, 0) is 35.6 Å². The van der Waals surface area contributed by atoms with Crippen molar-refractivity contribution in [3.8, 4) is 5.75 Å². The molecule has 6 nitrogen and oxygen atoms in total. The highest BCUT2D eigenvalue weighted by Gasteiger charge is 2.20. The Morgan fingerprint density at radius 1 is 1.19 bits per heavy atom. The molecule has 3 aromatic rings. The van der Waals surface area contributed by atoms with E-state index in [-0.39, 0.29) is 30.0 Å². The van der Waals surface area contributed by atoms with Gasteiger partial charge in [0, 0.05) is 10.9 Å². The molecule has 3 rings (SSSR count). The number of carbonyl (C=O) groups is 1. The number of benzene rings is 2. The van der Waals surface area contributed by atoms with E-state index in [1.165, 1.54) is 12.1 Å². The van der Waals surface area contributed by atoms with Crippen LogP contribution in [0.25, 0.3) is 0 Å². The summed E-state index contributed by atoms with van der Waals surface area (Å²) < 4.78 is 5.42. The van der Waals surface area contributed by atoms with E-state index < -0.39 is 4.92 Å². The lowest BCUT2D eigenvalue weighted by Gasteiger charge is -2.18. The van der Waals surface area contributed by atoms with Crippen LogP contribution >= 0.6 is 11.3 Å². The van der Waals surface area contributed by atoms with Crippen LogP contribution in [0, 0.1) is 17.0 Å². The van der Waals surface area contributed by atoms with E-state index in [0.717, 1.165) is 16.0 Å². The molecule has 0 aliphatic heterocycles. The number of nitro benzene ring substituents is 1. The molecule has 1 aromatic heterocycles. The summed E-state index contributed by atoms with van der Waals surface area (Å²) in [7, 11) is 0. The molecule has 1 amide bonds. The third-order valence-corrected chi connectivity index (χ3v) is 4.87. The van der Waals surface area contributed by atoms with Crippen molar-refractivity contribution in [2.24, 2.45) is 0 Å². The van der Waals surface area contributed by atoms with E-state index >= 15 is 0 Å². The number of thiophene rings is 1. The number of rotatable bonds is 7. The van der Waals surface area contributed by atoms with Crippen LogP contribution in [0.15, 0.2) is 66.0 Å². The molecule has 1 heterocycles. The Morgan fingerprint density at radius 2 is 1.96 bits per heavy atom. The monoisotopic (exact) mass is 382 g/mol. The van der Waals surface area contributed by atoms with E-state index in [9.17, 15) is 14.9 Å². The summed E-state index contributed by atoms with van der Waals surface area (Å²) in [6.45, 7) is 1.45. The third kappa shape index (κ3) is 4.71. The van der Waals surface area contributed by atoms with Crippen LogP contribution in [0.1, 0.15) is 22.0 Å². The topological polar surface area (TPSA) is 81.5 Å². The highest BCUT2D eigenvalue weighted by atomic mass is 32.1. The van der Waals surface area contributed by atoms with Crippen LogP contribution < -0.4 is 10.1 Å². The second-order valence-corrected chi connectivity index (χ2v) is 6.92. The first-order valence-electron chi connectivity index (χ1n) is 8.30. The van der Waals surface area contributed by atoms with Gasteiger partial charge in [0.2, 0.25) is 0 Å². The van der Waals surface area contributed by atoms with E-state index in [1.807, 2.05) is 47.8 Å². The van der Waals surface area contributed by atoms with Crippen LogP contribution in [-0.2, 0) is 4.79 Å². The lowest BCUT2D eigenvalue weighted by molar-refractivity contribution is -0.385. The molecule has 1 unspecified atom stereocenters. The van der Waals surface area contributed by atoms with E-state index in [1.54, 1.807) is 24.3 Å². The number of amides is 1. The number of nitro groups is 1. The minimum Gasteiger partial charge on any atom is -0.477 e. The standard InChI is InChI=1S/C20H18N2O4S/c1-14-9-10-17(16(12-14)22(24)25)26-13-19(23)21-20(18-8-5-11-27-18)15-6-3-2-4-7-15/h2-12,20H,13H2,1H3,(H,21,23). The van der Waals surface area contributed by atoms with Crippen molar-refractivity contribution in [1.29, 1.82) is 0 Å². The average Bonchev–Trinajstić information content (AvgIpc) is 3.20. The summed E-state index contributed by atoms with van der Waals surface area (Å²) in [4.78, 5) is 24.1. The number of carbonyl (C=O) groups excluding carboxylic acids is 1. The molecule has 7 heteroatoms. The van der Waals surface area contributed by atoms with E-state index in [2.05, 4.69) is 5.32 Å². The van der Waals surface area contributed by atoms with Gasteiger partial charge in [-0.25, -0.2) is 0 Å². The predicted molar refractivity (Wildman–Crippen MR) is 104 cm³/mol. The number of ether oxygens (including phenoxy) is 1. The van der Waals surface area contributed by atoms with Crippen molar-refractivity contribution in [2.45, 2.75) is 13.0 Å². The van der Waals surface area contributed by atoms with Crippen LogP contribution in [0.3, 0.4) is 0 Å². The molecule has 0 bridgehead atoms. The molecule has 0 spiro atoms. The fourth-order valence-electron chi connectivity index (χ4n) is 2.66. The lowest BCUT2D eigenvalue weighted by atomic mass is 10.1. The maximum atomic E-state index is 12.4. The molecule has 0 aliphatic rings. The zero-order valence-electron chi connectivity index (χ0n) is 14.6. The molecule has 0 saturated carbocycles. The van der Waals surface area contributed by atoms with Gasteiger partial charge in [0.25, 0.3) is 5.91 Å². The number of nitrogens with zero attached hydrogens (tertiary/aromatic N) is 1. The van der Waals surface area contributed by atoms with Gasteiger partial charge >= 0.3 is 5.69 Å². The molecule has 2 aromatic carbocycles. The van der Waals surface area contributed by atoms with Gasteiger partial charge in [-0.15, -0.1) is 11.3 Å². The number of hydrogen-bond acceptors (Lipinski definition) is 5. The molecular formula is C20H18N2O4S. The summed E-state index contributed by atoms with van der Waals surface area (Å²) in [6.07, 6.45) is 0. The molecule has 138 valence electrons. The maximum absolute atomic E-state index is 12.4. The van der Waals surface area contributed by atoms with Gasteiger partial charge in [0.1, 0.15) is 0 Å². The molecule has 0 radical (unpaired) electrons. The highest BCUT2D eigenvalue weighted by molar-refractivity contribution is 7.10. The largest absolute Gasteiger partial charge is 0.477 e. The fraction of sp³-hybridized carbons (Fsp3) is 0.150. The summed E-state index contributed by atoms with van der Waals surface area (Å²) in [5, 5.41) is 16.1. The van der Waals surface area contributed by atoms with Gasteiger partial charge in [0.05, 0.1) is 11.0 Å². The van der Waals surface area contributed by atoms with Crippen LogP contribution in [0.2, 0.25) is 0 Å². The zero-order valence-corrected chi connectivity index (χ0v) is 15.4. The second kappa shape index (κ2) is 8.46. The van der Waals surface area contributed by atoms with Crippen molar-refractivity contribution in [1.82, 2.24) is 5.32 Å². The Hall–Kier alpha value is -3.19. The van der Waals surface area contributed by atoms with Gasteiger partial charge in [-0.2, -0.15) is 0 Å². The Morgan fingerprint density at radius 3 is 2.63 bits per heavy atom. The van der Waals surface area contributed by atoms with Crippen LogP contribution in [0.4, 0.5) is 5.69 Å². The number of hydrogen-bond donors (Lipinski definition) is 1. The van der Waals surface area contributed by atoms with Crippen molar-refractivity contribution in [3.63, 3.8) is 0 Å². The Bertz CT molecular complexity index is 926. The van der Waals surface area contributed by atoms with E-state index in [4.69, 9.17) is 4.74 Å². The fourth-order valence-corrected chi connectivity index (χ4v) is 3.46. The molecule has 0 aliphatic carbocycles. The second-order valence-electron chi connectivity index (χ2n) is 5.94. The first kappa shape index (κ1) is 18.6. The van der Waals surface area contributed by atoms with Gasteiger partial charge in [-0.1, -0.05) is 42.5 Å². The molecule has 1 atom stereocenters. The summed E-state index contributed by atoms with van der Waals surface area (Å²) in [6, 6.07) is 17.8. The molecule has 0 fully saturated rings. The smallest absolute Gasteiger partial charge is 0.311 e. The highest BCUT2D eigenvalue weighted by Crippen LogP contribution is 2.28. The lowest BCUT2D eigenvalue weighted by Crippen LogP contribution is -2.33. The minimum atomic E-state index is -0.515. The van der Waals surface area contributed by atoms with Crippen LogP contribution in [-0.4, -0.2) is 17.4 Å². The van der Waals surface area contributed by atoms with Gasteiger partial charge in [-0.3, -0.25) is 14.9 Å². The van der Waals surface area contributed by atoms with Gasteiger partial charge < -0.3 is 10.1 Å². The van der Waals surface area contributed by atoms with Crippen molar-refractivity contribution < 1.29 is 14.5 Å². The molecule has 1 N–H and O–H groups in total. The SMILES string of the molecule is Cc1ccc(OCC(=O)NC(c2ccccc2)c2cccs2)c([N+](=O)[O-])c1. The first-order chi connectivity index (χ1) is 13.0. The Labute approximate surface area is 160 Å². The van der Waals surface area contributed by atoms with Crippen molar-refractivity contribution in [3.05, 3.63) is 92.2 Å². The number of aryl methyl sites for hydroxylation is 1. The van der Waals surface area contributed by atoms with Gasteiger partial charge in [0.15, 0.2) is 12.4 Å². The first-order valence-corrected chi connectivity index (χ1v) is 9.18. The number of nitrogens with one attached hydrogen (secondary N) is 1. The molecule has 27 heavy (non-hydrogen) atoms. The normalized spacial score (nSPS) is 11.6. The van der Waals surface area contributed by atoms with E-state index in [0.29, 0.717) is 0 Å².